The normalized spacial score (nSPS) is 11.4. The van der Waals surface area contributed by atoms with Crippen LogP contribution < -0.4 is 5.32 Å². The molecule has 1 aromatic rings. The topological polar surface area (TPSA) is 66.4 Å². The average Bonchev–Trinajstić information content (AvgIpc) is 2.07. The van der Waals surface area contributed by atoms with E-state index in [4.69, 9.17) is 4.55 Å². The second-order valence-corrected chi connectivity index (χ2v) is 4.38. The van der Waals surface area contributed by atoms with Gasteiger partial charge in [-0.05, 0) is 31.5 Å². The molecule has 0 aliphatic rings. The van der Waals surface area contributed by atoms with Crippen molar-refractivity contribution in [2.75, 3.05) is 11.9 Å². The van der Waals surface area contributed by atoms with Gasteiger partial charge in [0.2, 0.25) is 0 Å². The fraction of sp³-hybridized carbons (Fsp3) is 0.333. The van der Waals surface area contributed by atoms with Gasteiger partial charge in [0.1, 0.15) is 0 Å². The lowest BCUT2D eigenvalue weighted by Gasteiger charge is -2.07. The molecule has 0 atom stereocenters. The summed E-state index contributed by atoms with van der Waals surface area (Å²) in [5.74, 6) is 0. The Morgan fingerprint density at radius 3 is 2.57 bits per heavy atom. The summed E-state index contributed by atoms with van der Waals surface area (Å²) in [7, 11) is -4.11. The predicted octanol–water partition coefficient (Wildman–Crippen LogP) is 1.67. The second-order valence-electron chi connectivity index (χ2n) is 2.99. The first-order valence-electron chi connectivity index (χ1n) is 4.27. The Balaban J connectivity index is 3.22. The summed E-state index contributed by atoms with van der Waals surface area (Å²) in [6, 6.07) is 4.85. The molecular weight excluding hydrogens is 202 g/mol. The lowest BCUT2D eigenvalue weighted by atomic mass is 10.2. The number of hydrogen-bond donors (Lipinski definition) is 2. The van der Waals surface area contributed by atoms with E-state index in [-0.39, 0.29) is 4.90 Å². The van der Waals surface area contributed by atoms with Gasteiger partial charge in [-0.1, -0.05) is 6.07 Å². The number of hydrogen-bond acceptors (Lipinski definition) is 3. The van der Waals surface area contributed by atoms with Gasteiger partial charge >= 0.3 is 0 Å². The van der Waals surface area contributed by atoms with Crippen LogP contribution in [0.5, 0.6) is 0 Å². The molecule has 0 saturated carbocycles. The number of rotatable bonds is 3. The van der Waals surface area contributed by atoms with E-state index in [2.05, 4.69) is 5.32 Å². The van der Waals surface area contributed by atoms with E-state index in [9.17, 15) is 8.42 Å². The van der Waals surface area contributed by atoms with E-state index in [1.165, 1.54) is 6.07 Å². The van der Waals surface area contributed by atoms with E-state index in [0.29, 0.717) is 17.8 Å². The van der Waals surface area contributed by atoms with E-state index < -0.39 is 10.1 Å². The van der Waals surface area contributed by atoms with Gasteiger partial charge in [0.25, 0.3) is 10.1 Å². The third-order valence-electron chi connectivity index (χ3n) is 1.85. The number of benzene rings is 1. The maximum absolute atomic E-state index is 10.9. The Bertz CT molecular complexity index is 426. The first kappa shape index (κ1) is 11.0. The van der Waals surface area contributed by atoms with Crippen LogP contribution in [0.1, 0.15) is 12.5 Å². The largest absolute Gasteiger partial charge is 0.385 e. The summed E-state index contributed by atoms with van der Waals surface area (Å²) in [5.41, 5.74) is 1.22. The molecule has 0 aliphatic heterocycles. The van der Waals surface area contributed by atoms with Gasteiger partial charge in [-0.2, -0.15) is 8.42 Å². The monoisotopic (exact) mass is 215 g/mol. The molecule has 1 rings (SSSR count). The van der Waals surface area contributed by atoms with Crippen LogP contribution >= 0.6 is 0 Å². The minimum absolute atomic E-state index is 0.0454. The van der Waals surface area contributed by atoms with Crippen molar-refractivity contribution in [2.45, 2.75) is 18.7 Å². The van der Waals surface area contributed by atoms with Crippen molar-refractivity contribution in [1.29, 1.82) is 0 Å². The summed E-state index contributed by atoms with van der Waals surface area (Å²) in [5, 5.41) is 2.97. The molecule has 0 aliphatic carbocycles. The molecule has 0 aromatic heterocycles. The molecule has 0 bridgehead atoms. The first-order chi connectivity index (χ1) is 6.45. The molecule has 0 saturated heterocycles. The van der Waals surface area contributed by atoms with Crippen LogP contribution in [0.25, 0.3) is 0 Å². The van der Waals surface area contributed by atoms with Crippen LogP contribution in [0.2, 0.25) is 0 Å². The summed E-state index contributed by atoms with van der Waals surface area (Å²) >= 11 is 0. The van der Waals surface area contributed by atoms with Crippen LogP contribution in [-0.4, -0.2) is 19.5 Å². The van der Waals surface area contributed by atoms with E-state index in [0.717, 1.165) is 0 Å². The van der Waals surface area contributed by atoms with Crippen molar-refractivity contribution >= 4 is 15.8 Å². The lowest BCUT2D eigenvalue weighted by molar-refractivity contribution is 0.482. The van der Waals surface area contributed by atoms with Crippen LogP contribution in [0.4, 0.5) is 5.69 Å². The zero-order valence-electron chi connectivity index (χ0n) is 8.11. The average molecular weight is 215 g/mol. The molecule has 0 amide bonds. The van der Waals surface area contributed by atoms with Gasteiger partial charge < -0.3 is 5.32 Å². The highest BCUT2D eigenvalue weighted by Gasteiger charge is 2.13. The minimum atomic E-state index is -4.11. The Kier molecular flexibility index (Phi) is 3.13. The molecule has 2 N–H and O–H groups in total. The van der Waals surface area contributed by atoms with Gasteiger partial charge in [-0.3, -0.25) is 4.55 Å². The van der Waals surface area contributed by atoms with Crippen LogP contribution in [0.3, 0.4) is 0 Å². The quantitative estimate of drug-likeness (QED) is 0.753. The van der Waals surface area contributed by atoms with Gasteiger partial charge in [0.05, 0.1) is 4.90 Å². The second kappa shape index (κ2) is 3.98. The van der Waals surface area contributed by atoms with Crippen molar-refractivity contribution in [3.63, 3.8) is 0 Å². The third-order valence-corrected chi connectivity index (χ3v) is 2.84. The van der Waals surface area contributed by atoms with Crippen molar-refractivity contribution < 1.29 is 13.0 Å². The van der Waals surface area contributed by atoms with Gasteiger partial charge in [0, 0.05) is 12.2 Å². The highest BCUT2D eigenvalue weighted by molar-refractivity contribution is 7.85. The van der Waals surface area contributed by atoms with Crippen LogP contribution in [0.15, 0.2) is 23.1 Å². The fourth-order valence-electron chi connectivity index (χ4n) is 1.19. The van der Waals surface area contributed by atoms with Gasteiger partial charge in [0.15, 0.2) is 0 Å². The predicted molar refractivity (Wildman–Crippen MR) is 55.2 cm³/mol. The zero-order valence-corrected chi connectivity index (χ0v) is 8.93. The van der Waals surface area contributed by atoms with Crippen molar-refractivity contribution in [1.82, 2.24) is 0 Å². The molecule has 5 heteroatoms. The summed E-state index contributed by atoms with van der Waals surface area (Å²) < 4.78 is 30.8. The Labute approximate surface area is 83.7 Å². The highest BCUT2D eigenvalue weighted by Crippen LogP contribution is 2.19. The van der Waals surface area contributed by atoms with Crippen molar-refractivity contribution in [3.05, 3.63) is 23.8 Å². The maximum Gasteiger partial charge on any atom is 0.294 e. The SMILES string of the molecule is CCNc1ccc(C)c(S(=O)(=O)O)c1. The molecule has 0 unspecified atom stereocenters. The van der Waals surface area contributed by atoms with Crippen molar-refractivity contribution in [2.24, 2.45) is 0 Å². The smallest absolute Gasteiger partial charge is 0.294 e. The summed E-state index contributed by atoms with van der Waals surface area (Å²) in [6.45, 7) is 4.25. The molecule has 14 heavy (non-hydrogen) atoms. The molecule has 4 nitrogen and oxygen atoms in total. The number of nitrogens with one attached hydrogen (secondary N) is 1. The van der Waals surface area contributed by atoms with E-state index in [1.54, 1.807) is 19.1 Å². The van der Waals surface area contributed by atoms with Gasteiger partial charge in [-0.15, -0.1) is 0 Å². The highest BCUT2D eigenvalue weighted by atomic mass is 32.2. The number of anilines is 1. The van der Waals surface area contributed by atoms with Crippen LogP contribution in [0, 0.1) is 6.92 Å². The van der Waals surface area contributed by atoms with Crippen molar-refractivity contribution in [3.8, 4) is 0 Å². The summed E-state index contributed by atoms with van der Waals surface area (Å²) in [4.78, 5) is -0.0454. The Morgan fingerprint density at radius 2 is 2.07 bits per heavy atom. The first-order valence-corrected chi connectivity index (χ1v) is 5.71. The summed E-state index contributed by atoms with van der Waals surface area (Å²) in [6.07, 6.45) is 0. The van der Waals surface area contributed by atoms with E-state index in [1.807, 2.05) is 6.92 Å². The lowest BCUT2D eigenvalue weighted by Crippen LogP contribution is -2.03. The molecular formula is C9H13NO3S. The van der Waals surface area contributed by atoms with E-state index >= 15 is 0 Å². The standard InChI is InChI=1S/C9H13NO3S/c1-3-10-8-5-4-7(2)9(6-8)14(11,12)13/h4-6,10H,3H2,1-2H3,(H,11,12,13). The Morgan fingerprint density at radius 1 is 1.43 bits per heavy atom. The van der Waals surface area contributed by atoms with Gasteiger partial charge in [-0.25, -0.2) is 0 Å². The number of aryl methyl sites for hydroxylation is 1. The molecule has 0 spiro atoms. The molecule has 0 radical (unpaired) electrons. The zero-order chi connectivity index (χ0) is 10.8. The third kappa shape index (κ3) is 2.46. The maximum atomic E-state index is 10.9. The molecule has 78 valence electrons. The molecule has 1 aromatic carbocycles. The minimum Gasteiger partial charge on any atom is -0.385 e. The fourth-order valence-corrected chi connectivity index (χ4v) is 1.94. The van der Waals surface area contributed by atoms with Crippen LogP contribution in [-0.2, 0) is 10.1 Å². The molecule has 0 fully saturated rings. The Hall–Kier alpha value is -1.07. The molecule has 0 heterocycles.